The molecule has 2 aromatic carbocycles. The van der Waals surface area contributed by atoms with Gasteiger partial charge in [0.15, 0.2) is 5.13 Å². The van der Waals surface area contributed by atoms with Crippen molar-refractivity contribution in [3.05, 3.63) is 53.8 Å². The van der Waals surface area contributed by atoms with Crippen LogP contribution in [0.4, 0.5) is 9.52 Å². The van der Waals surface area contributed by atoms with Gasteiger partial charge in [0.05, 0.1) is 10.2 Å². The van der Waals surface area contributed by atoms with E-state index in [1.54, 1.807) is 12.1 Å². The van der Waals surface area contributed by atoms with Gasteiger partial charge >= 0.3 is 0 Å². The first-order valence-electron chi connectivity index (χ1n) is 5.78. The highest BCUT2D eigenvalue weighted by atomic mass is 32.1. The predicted molar refractivity (Wildman–Crippen MR) is 75.6 cm³/mol. The fourth-order valence-electron chi connectivity index (χ4n) is 1.74. The van der Waals surface area contributed by atoms with E-state index in [0.29, 0.717) is 16.2 Å². The monoisotopic (exact) mass is 288 g/mol. The molecule has 0 radical (unpaired) electrons. The number of hydrogen-bond donors (Lipinski definition) is 2. The lowest BCUT2D eigenvalue weighted by atomic mass is 10.2. The highest BCUT2D eigenvalue weighted by Crippen LogP contribution is 2.28. The number of benzene rings is 2. The van der Waals surface area contributed by atoms with E-state index in [1.807, 2.05) is 0 Å². The van der Waals surface area contributed by atoms with Crippen molar-refractivity contribution in [2.24, 2.45) is 0 Å². The fraction of sp³-hybridized carbons (Fsp3) is 0. The molecule has 1 amide bonds. The van der Waals surface area contributed by atoms with Gasteiger partial charge in [0.25, 0.3) is 5.91 Å². The molecular formula is C14H9FN2O2S. The molecule has 3 rings (SSSR count). The molecule has 4 nitrogen and oxygen atoms in total. The standard InChI is InChI=1S/C14H9FN2O2S/c15-9-3-1-8(2-4-9)13(19)17-14-16-11-6-5-10(18)7-12(11)20-14/h1-7,18H,(H,16,17,19)/i15+0. The Morgan fingerprint density at radius 2 is 1.95 bits per heavy atom. The summed E-state index contributed by atoms with van der Waals surface area (Å²) in [5.74, 6) is -0.595. The summed E-state index contributed by atoms with van der Waals surface area (Å²) < 4.78 is 13.6. The number of aromatic nitrogens is 1. The van der Waals surface area contributed by atoms with Crippen LogP contribution in [0.15, 0.2) is 42.5 Å². The molecule has 0 aliphatic heterocycles. The second kappa shape index (κ2) is 4.90. The normalized spacial score (nSPS) is 10.7. The molecular weight excluding hydrogens is 279 g/mol. The molecule has 100 valence electrons. The SMILES string of the molecule is O=C(Nc1nc2ccc(O)cc2s1)c1ccc([19F])cc1. The molecule has 0 aliphatic rings. The van der Waals surface area contributed by atoms with Gasteiger partial charge in [-0.1, -0.05) is 11.3 Å². The van der Waals surface area contributed by atoms with Crippen LogP contribution in [-0.2, 0) is 0 Å². The van der Waals surface area contributed by atoms with Crippen LogP contribution < -0.4 is 5.32 Å². The number of nitrogens with zero attached hydrogens (tertiary/aromatic N) is 1. The molecule has 2 N–H and O–H groups in total. The van der Waals surface area contributed by atoms with Crippen molar-refractivity contribution in [2.45, 2.75) is 0 Å². The molecule has 0 saturated carbocycles. The zero-order valence-corrected chi connectivity index (χ0v) is 10.9. The molecule has 6 heteroatoms. The maximum Gasteiger partial charge on any atom is 0.257 e. The number of fused-ring (bicyclic) bond motifs is 1. The third-order valence-corrected chi connectivity index (χ3v) is 3.63. The number of thiazole rings is 1. The van der Waals surface area contributed by atoms with Crippen molar-refractivity contribution in [3.8, 4) is 5.75 Å². The molecule has 1 heterocycles. The molecule has 0 atom stereocenters. The molecule has 0 fully saturated rings. The maximum atomic E-state index is 12.8. The third-order valence-electron chi connectivity index (χ3n) is 2.70. The number of anilines is 1. The number of halogens is 1. The Morgan fingerprint density at radius 1 is 1.20 bits per heavy atom. The predicted octanol–water partition coefficient (Wildman–Crippen LogP) is 3.39. The Kier molecular flexibility index (Phi) is 3.08. The zero-order valence-electron chi connectivity index (χ0n) is 10.1. The van der Waals surface area contributed by atoms with Crippen molar-refractivity contribution in [3.63, 3.8) is 0 Å². The van der Waals surface area contributed by atoms with Crippen molar-refractivity contribution < 1.29 is 14.3 Å². The van der Waals surface area contributed by atoms with E-state index in [-0.39, 0.29) is 11.7 Å². The summed E-state index contributed by atoms with van der Waals surface area (Å²) in [6.45, 7) is 0. The van der Waals surface area contributed by atoms with Gasteiger partial charge in [0.2, 0.25) is 0 Å². The number of hydrogen-bond acceptors (Lipinski definition) is 4. The highest BCUT2D eigenvalue weighted by molar-refractivity contribution is 7.22. The van der Waals surface area contributed by atoms with Crippen molar-refractivity contribution in [1.29, 1.82) is 0 Å². The first-order valence-corrected chi connectivity index (χ1v) is 6.60. The van der Waals surface area contributed by atoms with E-state index < -0.39 is 5.82 Å². The zero-order chi connectivity index (χ0) is 14.1. The van der Waals surface area contributed by atoms with Gasteiger partial charge < -0.3 is 5.11 Å². The second-order valence-electron chi connectivity index (χ2n) is 4.13. The lowest BCUT2D eigenvalue weighted by Crippen LogP contribution is -2.11. The van der Waals surface area contributed by atoms with Gasteiger partial charge in [-0.2, -0.15) is 0 Å². The smallest absolute Gasteiger partial charge is 0.257 e. The van der Waals surface area contributed by atoms with Gasteiger partial charge in [-0.3, -0.25) is 10.1 Å². The maximum absolute atomic E-state index is 12.8. The Morgan fingerprint density at radius 3 is 2.70 bits per heavy atom. The number of nitrogens with one attached hydrogen (secondary N) is 1. The number of phenolic OH excluding ortho intramolecular Hbond substituents is 1. The first kappa shape index (κ1) is 12.6. The Hall–Kier alpha value is -2.47. The molecule has 1 aromatic heterocycles. The van der Waals surface area contributed by atoms with E-state index in [2.05, 4.69) is 10.3 Å². The van der Waals surface area contributed by atoms with Crippen LogP contribution in [0.25, 0.3) is 10.2 Å². The minimum Gasteiger partial charge on any atom is -0.508 e. The first-order chi connectivity index (χ1) is 9.61. The van der Waals surface area contributed by atoms with Crippen LogP contribution >= 0.6 is 11.3 Å². The average molecular weight is 288 g/mol. The fourth-order valence-corrected chi connectivity index (χ4v) is 2.63. The van der Waals surface area contributed by atoms with Crippen molar-refractivity contribution in [2.75, 3.05) is 5.32 Å². The van der Waals surface area contributed by atoms with E-state index >= 15 is 0 Å². The molecule has 0 unspecified atom stereocenters. The van der Waals surface area contributed by atoms with E-state index in [4.69, 9.17) is 0 Å². The summed E-state index contributed by atoms with van der Waals surface area (Å²) in [5.41, 5.74) is 1.05. The molecule has 0 aliphatic carbocycles. The number of aromatic hydroxyl groups is 1. The van der Waals surface area contributed by atoms with Gasteiger partial charge in [-0.05, 0) is 42.5 Å². The largest absolute Gasteiger partial charge is 0.508 e. The lowest BCUT2D eigenvalue weighted by molar-refractivity contribution is 0.102. The molecule has 0 bridgehead atoms. The van der Waals surface area contributed by atoms with Crippen LogP contribution in [-0.4, -0.2) is 16.0 Å². The van der Waals surface area contributed by atoms with Crippen molar-refractivity contribution >= 4 is 32.6 Å². The topological polar surface area (TPSA) is 62.2 Å². The Bertz CT molecular complexity index is 783. The number of amides is 1. The van der Waals surface area contributed by atoms with Crippen LogP contribution in [0.2, 0.25) is 0 Å². The van der Waals surface area contributed by atoms with E-state index in [1.165, 1.54) is 41.7 Å². The van der Waals surface area contributed by atoms with Crippen LogP contribution in [0.5, 0.6) is 5.75 Å². The summed E-state index contributed by atoms with van der Waals surface area (Å²) in [7, 11) is 0. The summed E-state index contributed by atoms with van der Waals surface area (Å²) in [4.78, 5) is 16.2. The number of carbonyl (C=O) groups excluding carboxylic acids is 1. The van der Waals surface area contributed by atoms with Crippen LogP contribution in [0, 0.1) is 5.82 Å². The Balaban J connectivity index is 1.85. The second-order valence-corrected chi connectivity index (χ2v) is 5.16. The van der Waals surface area contributed by atoms with E-state index in [9.17, 15) is 14.3 Å². The van der Waals surface area contributed by atoms with Crippen molar-refractivity contribution in [1.82, 2.24) is 4.98 Å². The number of carbonyl (C=O) groups is 1. The summed E-state index contributed by atoms with van der Waals surface area (Å²) in [5, 5.41) is 12.5. The van der Waals surface area contributed by atoms with E-state index in [0.717, 1.165) is 4.70 Å². The molecule has 0 spiro atoms. The summed E-state index contributed by atoms with van der Waals surface area (Å²) >= 11 is 1.26. The van der Waals surface area contributed by atoms with Crippen LogP contribution in [0.1, 0.15) is 10.4 Å². The highest BCUT2D eigenvalue weighted by Gasteiger charge is 2.10. The molecule has 20 heavy (non-hydrogen) atoms. The molecule has 3 aromatic rings. The van der Waals surface area contributed by atoms with Gasteiger partial charge in [-0.15, -0.1) is 0 Å². The average Bonchev–Trinajstić information content (AvgIpc) is 2.80. The lowest BCUT2D eigenvalue weighted by Gasteiger charge is -2.00. The number of rotatable bonds is 2. The quantitative estimate of drug-likeness (QED) is 0.759. The Labute approximate surface area is 117 Å². The van der Waals surface area contributed by atoms with Gasteiger partial charge in [0, 0.05) is 5.56 Å². The van der Waals surface area contributed by atoms with Crippen LogP contribution in [0.3, 0.4) is 0 Å². The minimum absolute atomic E-state index is 0.151. The molecule has 0 saturated heterocycles. The minimum atomic E-state index is -0.392. The van der Waals surface area contributed by atoms with Gasteiger partial charge in [-0.25, -0.2) is 9.37 Å². The van der Waals surface area contributed by atoms with Gasteiger partial charge in [0.1, 0.15) is 11.6 Å². The summed E-state index contributed by atoms with van der Waals surface area (Å²) in [6.07, 6.45) is 0. The number of phenols is 1. The third kappa shape index (κ3) is 2.46. The summed E-state index contributed by atoms with van der Waals surface area (Å²) in [6, 6.07) is 10.1.